The largest absolute Gasteiger partial charge is 0.488 e. The number of hydrogen-bond acceptors (Lipinski definition) is 7. The SMILES string of the molecule is CC(C)[C@@H](COc1cnc(-c2cc3ccccc3o2)nc1)Nc1ccc(C(=O)CCCC(=O)O)cc1. The third-order valence-electron chi connectivity index (χ3n) is 5.86. The van der Waals surface area contributed by atoms with Gasteiger partial charge in [0.15, 0.2) is 23.1 Å². The minimum absolute atomic E-state index is 0.00484. The third-order valence-corrected chi connectivity index (χ3v) is 5.86. The number of carbonyl (C=O) groups is 2. The molecule has 2 aromatic heterocycles. The van der Waals surface area contributed by atoms with Gasteiger partial charge in [-0.25, -0.2) is 9.97 Å². The second-order valence-corrected chi connectivity index (χ2v) is 8.94. The number of ketones is 1. The Kier molecular flexibility index (Phi) is 7.95. The first-order valence-corrected chi connectivity index (χ1v) is 11.9. The van der Waals surface area contributed by atoms with Gasteiger partial charge in [-0.15, -0.1) is 0 Å². The highest BCUT2D eigenvalue weighted by molar-refractivity contribution is 5.96. The fraction of sp³-hybridized carbons (Fsp3) is 0.286. The number of furan rings is 1. The monoisotopic (exact) mass is 487 g/mol. The summed E-state index contributed by atoms with van der Waals surface area (Å²) in [5.41, 5.74) is 2.23. The Balaban J connectivity index is 1.32. The number of benzene rings is 2. The summed E-state index contributed by atoms with van der Waals surface area (Å²) in [6, 6.07) is 16.9. The Labute approximate surface area is 209 Å². The molecule has 2 N–H and O–H groups in total. The van der Waals surface area contributed by atoms with Gasteiger partial charge >= 0.3 is 5.97 Å². The van der Waals surface area contributed by atoms with E-state index in [0.717, 1.165) is 16.7 Å². The maximum absolute atomic E-state index is 12.2. The average Bonchev–Trinajstić information content (AvgIpc) is 3.31. The van der Waals surface area contributed by atoms with Crippen LogP contribution in [0.4, 0.5) is 5.69 Å². The van der Waals surface area contributed by atoms with Gasteiger partial charge in [0.05, 0.1) is 18.4 Å². The Morgan fingerprint density at radius 2 is 1.75 bits per heavy atom. The van der Waals surface area contributed by atoms with Gasteiger partial charge in [0.25, 0.3) is 0 Å². The number of carbonyl (C=O) groups excluding carboxylic acids is 1. The molecule has 0 fully saturated rings. The molecule has 4 aromatic rings. The van der Waals surface area contributed by atoms with Crippen LogP contribution in [0.25, 0.3) is 22.6 Å². The van der Waals surface area contributed by atoms with Gasteiger partial charge in [0.1, 0.15) is 12.2 Å². The van der Waals surface area contributed by atoms with Gasteiger partial charge in [-0.05, 0) is 48.7 Å². The van der Waals surface area contributed by atoms with E-state index in [1.807, 2.05) is 42.5 Å². The van der Waals surface area contributed by atoms with Gasteiger partial charge in [0, 0.05) is 29.5 Å². The second kappa shape index (κ2) is 11.5. The van der Waals surface area contributed by atoms with Crippen molar-refractivity contribution >= 4 is 28.4 Å². The van der Waals surface area contributed by atoms with Crippen LogP contribution in [0.1, 0.15) is 43.5 Å². The zero-order chi connectivity index (χ0) is 25.5. The summed E-state index contributed by atoms with van der Waals surface area (Å²) in [4.78, 5) is 31.7. The van der Waals surface area contributed by atoms with Gasteiger partial charge < -0.3 is 19.6 Å². The zero-order valence-corrected chi connectivity index (χ0v) is 20.3. The van der Waals surface area contributed by atoms with E-state index in [0.29, 0.717) is 35.9 Å². The molecule has 0 radical (unpaired) electrons. The Hall–Kier alpha value is -4.20. The zero-order valence-electron chi connectivity index (χ0n) is 20.3. The van der Waals surface area contributed by atoms with Crippen LogP contribution in [0, 0.1) is 5.92 Å². The van der Waals surface area contributed by atoms with Crippen molar-refractivity contribution < 1.29 is 23.8 Å². The number of hydrogen-bond donors (Lipinski definition) is 2. The Bertz CT molecular complexity index is 1280. The van der Waals surface area contributed by atoms with Gasteiger partial charge in [-0.2, -0.15) is 0 Å². The highest BCUT2D eigenvalue weighted by atomic mass is 16.5. The molecule has 2 heterocycles. The molecule has 2 aromatic carbocycles. The number of ether oxygens (including phenoxy) is 1. The Morgan fingerprint density at radius 1 is 1.03 bits per heavy atom. The van der Waals surface area contributed by atoms with Crippen molar-refractivity contribution in [1.29, 1.82) is 0 Å². The van der Waals surface area contributed by atoms with Gasteiger partial charge in [0.2, 0.25) is 0 Å². The maximum Gasteiger partial charge on any atom is 0.303 e. The van der Waals surface area contributed by atoms with E-state index in [9.17, 15) is 9.59 Å². The fourth-order valence-electron chi connectivity index (χ4n) is 3.71. The molecule has 1 atom stereocenters. The highest BCUT2D eigenvalue weighted by Crippen LogP contribution is 2.26. The first-order chi connectivity index (χ1) is 17.4. The number of aliphatic carboxylic acids is 1. The van der Waals surface area contributed by atoms with Crippen molar-refractivity contribution in [3.05, 3.63) is 72.6 Å². The lowest BCUT2D eigenvalue weighted by atomic mass is 10.0. The summed E-state index contributed by atoms with van der Waals surface area (Å²) in [5, 5.41) is 13.2. The van der Waals surface area contributed by atoms with E-state index in [4.69, 9.17) is 14.3 Å². The molecule has 0 aliphatic carbocycles. The molecule has 0 amide bonds. The Morgan fingerprint density at radius 3 is 2.42 bits per heavy atom. The number of anilines is 1. The molecular weight excluding hydrogens is 458 g/mol. The molecule has 0 saturated heterocycles. The molecule has 0 aliphatic heterocycles. The molecular formula is C28H29N3O5. The van der Waals surface area contributed by atoms with Gasteiger partial charge in [-0.1, -0.05) is 32.0 Å². The summed E-state index contributed by atoms with van der Waals surface area (Å²) in [7, 11) is 0. The standard InChI is InChI=1S/C28H29N3O5/c1-18(2)23(31-21-12-10-19(11-13-21)24(32)7-5-9-27(33)34)17-35-22-15-29-28(30-16-22)26-14-20-6-3-4-8-25(20)36-26/h3-4,6,8,10-16,18,23,31H,5,7,9,17H2,1-2H3,(H,33,34)/t23-/m1/s1. The van der Waals surface area contributed by atoms with E-state index < -0.39 is 5.97 Å². The number of Topliss-reactive ketones (excluding diaryl/α,β-unsaturated/α-hetero) is 1. The topological polar surface area (TPSA) is 115 Å². The third kappa shape index (κ3) is 6.47. The molecule has 186 valence electrons. The van der Waals surface area contributed by atoms with Gasteiger partial charge in [-0.3, -0.25) is 9.59 Å². The number of fused-ring (bicyclic) bond motifs is 1. The predicted molar refractivity (Wildman–Crippen MR) is 137 cm³/mol. The van der Waals surface area contributed by atoms with E-state index >= 15 is 0 Å². The summed E-state index contributed by atoms with van der Waals surface area (Å²) in [6.45, 7) is 4.60. The second-order valence-electron chi connectivity index (χ2n) is 8.94. The van der Waals surface area contributed by atoms with Crippen molar-refractivity contribution in [3.63, 3.8) is 0 Å². The number of nitrogens with one attached hydrogen (secondary N) is 1. The molecule has 8 nitrogen and oxygen atoms in total. The first-order valence-electron chi connectivity index (χ1n) is 11.9. The quantitative estimate of drug-likeness (QED) is 0.239. The summed E-state index contributed by atoms with van der Waals surface area (Å²) >= 11 is 0. The minimum atomic E-state index is -0.891. The van der Waals surface area contributed by atoms with Crippen molar-refractivity contribution in [3.8, 4) is 17.3 Å². The van der Waals surface area contributed by atoms with E-state index in [1.165, 1.54) is 0 Å². The van der Waals surface area contributed by atoms with Crippen LogP contribution >= 0.6 is 0 Å². The summed E-state index contributed by atoms with van der Waals surface area (Å²) in [6.07, 6.45) is 3.83. The lowest BCUT2D eigenvalue weighted by molar-refractivity contribution is -0.137. The average molecular weight is 488 g/mol. The molecule has 0 saturated carbocycles. The van der Waals surface area contributed by atoms with E-state index in [-0.39, 0.29) is 30.6 Å². The molecule has 0 spiro atoms. The highest BCUT2D eigenvalue weighted by Gasteiger charge is 2.16. The molecule has 0 aliphatic rings. The van der Waals surface area contributed by atoms with Crippen LogP contribution in [0.2, 0.25) is 0 Å². The predicted octanol–water partition coefficient (Wildman–Crippen LogP) is 5.84. The lowest BCUT2D eigenvalue weighted by Crippen LogP contribution is -2.32. The van der Waals surface area contributed by atoms with Crippen molar-refractivity contribution in [2.75, 3.05) is 11.9 Å². The lowest BCUT2D eigenvalue weighted by Gasteiger charge is -2.23. The molecule has 0 bridgehead atoms. The molecule has 36 heavy (non-hydrogen) atoms. The molecule has 4 rings (SSSR count). The minimum Gasteiger partial charge on any atom is -0.488 e. The van der Waals surface area contributed by atoms with E-state index in [1.54, 1.807) is 24.5 Å². The summed E-state index contributed by atoms with van der Waals surface area (Å²) < 4.78 is 11.8. The van der Waals surface area contributed by atoms with Crippen molar-refractivity contribution in [1.82, 2.24) is 9.97 Å². The molecule has 8 heteroatoms. The number of carboxylic acids is 1. The summed E-state index contributed by atoms with van der Waals surface area (Å²) in [5.74, 6) is 0.987. The normalized spacial score (nSPS) is 12.0. The van der Waals surface area contributed by atoms with Crippen LogP contribution in [-0.2, 0) is 4.79 Å². The first kappa shape index (κ1) is 24.9. The number of aromatic nitrogens is 2. The number of carboxylic acid groups (broad SMARTS) is 1. The van der Waals surface area contributed by atoms with Crippen molar-refractivity contribution in [2.45, 2.75) is 39.2 Å². The van der Waals surface area contributed by atoms with Crippen LogP contribution < -0.4 is 10.1 Å². The van der Waals surface area contributed by atoms with Crippen molar-refractivity contribution in [2.24, 2.45) is 5.92 Å². The van der Waals surface area contributed by atoms with Crippen LogP contribution in [0.5, 0.6) is 5.75 Å². The number of para-hydroxylation sites is 1. The van der Waals surface area contributed by atoms with E-state index in [2.05, 4.69) is 29.1 Å². The number of rotatable bonds is 12. The van der Waals surface area contributed by atoms with Crippen LogP contribution in [0.3, 0.4) is 0 Å². The number of nitrogens with zero attached hydrogens (tertiary/aromatic N) is 2. The smallest absolute Gasteiger partial charge is 0.303 e. The van der Waals surface area contributed by atoms with Crippen LogP contribution in [0.15, 0.2) is 71.4 Å². The van der Waals surface area contributed by atoms with Crippen LogP contribution in [-0.4, -0.2) is 39.5 Å². The fourth-order valence-corrected chi connectivity index (χ4v) is 3.71. The molecule has 0 unspecified atom stereocenters. The maximum atomic E-state index is 12.2.